The number of azide groups is 2. The zero-order valence-electron chi connectivity index (χ0n) is 23.9. The van der Waals surface area contributed by atoms with Crippen molar-refractivity contribution in [2.45, 2.75) is 50.9 Å². The molecule has 0 aliphatic carbocycles. The maximum atomic E-state index is 14.2. The molecule has 0 fully saturated rings. The summed E-state index contributed by atoms with van der Waals surface area (Å²) in [6.07, 6.45) is -0.407. The Morgan fingerprint density at radius 1 is 1.07 bits per heavy atom. The standard InChI is InChI=1S/C30H33N9O4/c1-20(2)35-37-29(41)30(18-22-8-3-4-9-23(22)19-33-38-31)27(25-10-5-6-11-26(25)36-39-32)43-28(34-30)21-12-14-24(15-13-21)42-17-7-16-40/h3-6,8-15,20,27,35,40H,7,16-19H2,1-2H3,(H,37,41)/t27-,30-/m0/s1. The minimum atomic E-state index is -1.57. The number of aliphatic imine (C=N–C) groups is 1. The Bertz CT molecular complexity index is 1550. The number of hydrogen-bond donors (Lipinski definition) is 3. The number of nitrogens with one attached hydrogen (secondary N) is 2. The molecule has 0 spiro atoms. The van der Waals surface area contributed by atoms with E-state index in [4.69, 9.17) is 25.1 Å². The highest BCUT2D eigenvalue weighted by molar-refractivity contribution is 6.01. The van der Waals surface area contributed by atoms with Gasteiger partial charge in [0.25, 0.3) is 5.91 Å². The van der Waals surface area contributed by atoms with Gasteiger partial charge in [0.1, 0.15) is 5.75 Å². The highest BCUT2D eigenvalue weighted by Gasteiger charge is 2.54. The van der Waals surface area contributed by atoms with Crippen LogP contribution in [0.25, 0.3) is 20.9 Å². The van der Waals surface area contributed by atoms with Crippen LogP contribution in [-0.4, -0.2) is 41.7 Å². The molecule has 0 radical (unpaired) electrons. The number of nitrogens with zero attached hydrogens (tertiary/aromatic N) is 7. The SMILES string of the molecule is CC(C)NNC(=O)[C@@]1(Cc2ccccc2CN=[N+]=[N-])N=C(c2ccc(OCCCO)cc2)O[C@H]1c1ccccc1N=[N+]=[N-]. The smallest absolute Gasteiger partial charge is 0.266 e. The van der Waals surface area contributed by atoms with Crippen molar-refractivity contribution in [3.63, 3.8) is 0 Å². The lowest BCUT2D eigenvalue weighted by molar-refractivity contribution is -0.130. The van der Waals surface area contributed by atoms with Crippen molar-refractivity contribution in [1.82, 2.24) is 10.9 Å². The first-order chi connectivity index (χ1) is 20.9. The normalized spacial score (nSPS) is 17.3. The number of hydrazine groups is 1. The second-order valence-corrected chi connectivity index (χ2v) is 10.1. The monoisotopic (exact) mass is 583 g/mol. The lowest BCUT2D eigenvalue weighted by Crippen LogP contribution is -2.55. The number of hydrogen-bond acceptors (Lipinski definition) is 8. The third-order valence-electron chi connectivity index (χ3n) is 6.76. The Labute approximate surface area is 248 Å². The van der Waals surface area contributed by atoms with Crippen LogP contribution in [0.4, 0.5) is 5.69 Å². The average molecular weight is 584 g/mol. The van der Waals surface area contributed by atoms with Crippen LogP contribution in [0.5, 0.6) is 5.75 Å². The van der Waals surface area contributed by atoms with Gasteiger partial charge in [-0.05, 0) is 60.3 Å². The van der Waals surface area contributed by atoms with Gasteiger partial charge in [0.2, 0.25) is 5.90 Å². The van der Waals surface area contributed by atoms with Gasteiger partial charge < -0.3 is 14.6 Å². The number of aliphatic hydroxyl groups excluding tert-OH is 1. The summed E-state index contributed by atoms with van der Waals surface area (Å²) in [5.74, 6) is 0.368. The van der Waals surface area contributed by atoms with Crippen LogP contribution in [0, 0.1) is 0 Å². The molecule has 0 aromatic heterocycles. The number of benzene rings is 3. The van der Waals surface area contributed by atoms with E-state index in [1.54, 1.807) is 48.5 Å². The number of carbonyl (C=O) groups excluding carboxylic acids is 1. The maximum Gasteiger partial charge on any atom is 0.266 e. The van der Waals surface area contributed by atoms with Crippen molar-refractivity contribution in [1.29, 1.82) is 0 Å². The van der Waals surface area contributed by atoms with E-state index < -0.39 is 17.6 Å². The van der Waals surface area contributed by atoms with Gasteiger partial charge in [-0.25, -0.2) is 10.4 Å². The molecule has 222 valence electrons. The zero-order valence-corrected chi connectivity index (χ0v) is 23.9. The van der Waals surface area contributed by atoms with E-state index in [1.807, 2.05) is 38.1 Å². The fourth-order valence-electron chi connectivity index (χ4n) is 4.71. The summed E-state index contributed by atoms with van der Waals surface area (Å²) in [6.45, 7) is 4.27. The number of aliphatic hydroxyl groups is 1. The Hall–Kier alpha value is -5.06. The maximum absolute atomic E-state index is 14.2. The molecule has 3 aromatic rings. The molecule has 13 heteroatoms. The van der Waals surface area contributed by atoms with Crippen LogP contribution < -0.4 is 15.6 Å². The first kappa shape index (κ1) is 30.9. The summed E-state index contributed by atoms with van der Waals surface area (Å²) in [5.41, 5.74) is 25.3. The third-order valence-corrected chi connectivity index (χ3v) is 6.76. The average Bonchev–Trinajstić information content (AvgIpc) is 3.40. The van der Waals surface area contributed by atoms with Crippen molar-refractivity contribution in [3.05, 3.63) is 116 Å². The van der Waals surface area contributed by atoms with Crippen LogP contribution in [0.15, 0.2) is 88.0 Å². The Morgan fingerprint density at radius 2 is 1.79 bits per heavy atom. The summed E-state index contributed by atoms with van der Waals surface area (Å²) in [5, 5.41) is 16.6. The zero-order chi connectivity index (χ0) is 30.7. The van der Waals surface area contributed by atoms with E-state index in [1.165, 1.54) is 0 Å². The minimum Gasteiger partial charge on any atom is -0.494 e. The number of amides is 1. The second kappa shape index (κ2) is 14.7. The van der Waals surface area contributed by atoms with Crippen LogP contribution >= 0.6 is 0 Å². The molecule has 1 aliphatic rings. The molecular weight excluding hydrogens is 550 g/mol. The van der Waals surface area contributed by atoms with Crippen LogP contribution in [0.2, 0.25) is 0 Å². The molecule has 1 amide bonds. The summed E-state index contributed by atoms with van der Waals surface area (Å²) in [6, 6.07) is 21.3. The lowest BCUT2D eigenvalue weighted by atomic mass is 9.80. The summed E-state index contributed by atoms with van der Waals surface area (Å²) < 4.78 is 12.2. The summed E-state index contributed by atoms with van der Waals surface area (Å²) in [4.78, 5) is 25.1. The molecule has 43 heavy (non-hydrogen) atoms. The van der Waals surface area contributed by atoms with E-state index in [9.17, 15) is 10.3 Å². The van der Waals surface area contributed by atoms with E-state index in [0.717, 1.165) is 11.1 Å². The molecule has 2 atom stereocenters. The van der Waals surface area contributed by atoms with Crippen LogP contribution in [0.1, 0.15) is 48.6 Å². The summed E-state index contributed by atoms with van der Waals surface area (Å²) in [7, 11) is 0. The molecule has 3 N–H and O–H groups in total. The van der Waals surface area contributed by atoms with Crippen LogP contribution in [0.3, 0.4) is 0 Å². The van der Waals surface area contributed by atoms with Gasteiger partial charge in [-0.15, -0.1) is 0 Å². The van der Waals surface area contributed by atoms with Crippen molar-refractivity contribution >= 4 is 17.5 Å². The topological polar surface area (TPSA) is 190 Å². The van der Waals surface area contributed by atoms with Gasteiger partial charge in [-0.2, -0.15) is 0 Å². The van der Waals surface area contributed by atoms with E-state index in [0.29, 0.717) is 35.6 Å². The second-order valence-electron chi connectivity index (χ2n) is 10.1. The molecule has 1 heterocycles. The molecule has 0 saturated carbocycles. The van der Waals surface area contributed by atoms with E-state index in [2.05, 4.69) is 30.9 Å². The van der Waals surface area contributed by atoms with Crippen LogP contribution in [-0.2, 0) is 22.5 Å². The summed E-state index contributed by atoms with van der Waals surface area (Å²) >= 11 is 0. The Kier molecular flexibility index (Phi) is 10.6. The number of carbonyl (C=O) groups is 1. The first-order valence-electron chi connectivity index (χ1n) is 13.8. The Morgan fingerprint density at radius 3 is 2.49 bits per heavy atom. The minimum absolute atomic E-state index is 0.0310. The van der Waals surface area contributed by atoms with E-state index >= 15 is 0 Å². The largest absolute Gasteiger partial charge is 0.494 e. The molecule has 3 aromatic carbocycles. The van der Waals surface area contributed by atoms with Crippen molar-refractivity contribution < 1.29 is 19.4 Å². The third kappa shape index (κ3) is 7.42. The molecule has 0 unspecified atom stereocenters. The fourth-order valence-corrected chi connectivity index (χ4v) is 4.71. The van der Waals surface area contributed by atoms with Gasteiger partial charge in [-0.3, -0.25) is 10.2 Å². The highest BCUT2D eigenvalue weighted by Crippen LogP contribution is 2.45. The quantitative estimate of drug-likeness (QED) is 0.0716. The van der Waals surface area contributed by atoms with Gasteiger partial charge in [0, 0.05) is 52.1 Å². The van der Waals surface area contributed by atoms with Crippen molar-refractivity contribution in [2.24, 2.45) is 15.2 Å². The predicted octanol–water partition coefficient (Wildman–Crippen LogP) is 5.73. The number of ether oxygens (including phenoxy) is 2. The van der Waals surface area contributed by atoms with E-state index in [-0.39, 0.29) is 31.5 Å². The molecule has 0 bridgehead atoms. The van der Waals surface area contributed by atoms with Crippen molar-refractivity contribution in [2.75, 3.05) is 13.2 Å². The van der Waals surface area contributed by atoms with Gasteiger partial charge in [0.05, 0.1) is 13.2 Å². The fraction of sp³-hybridized carbons (Fsp3) is 0.333. The highest BCUT2D eigenvalue weighted by atomic mass is 16.5. The van der Waals surface area contributed by atoms with Crippen molar-refractivity contribution in [3.8, 4) is 5.75 Å². The molecule has 1 aliphatic heterocycles. The predicted molar refractivity (Wildman–Crippen MR) is 161 cm³/mol. The van der Waals surface area contributed by atoms with Gasteiger partial charge >= 0.3 is 0 Å². The molecule has 0 saturated heterocycles. The number of rotatable bonds is 14. The molecule has 13 nitrogen and oxygen atoms in total. The van der Waals surface area contributed by atoms with Gasteiger partial charge in [0.15, 0.2) is 11.6 Å². The van der Waals surface area contributed by atoms with Gasteiger partial charge in [-0.1, -0.05) is 58.8 Å². The lowest BCUT2D eigenvalue weighted by Gasteiger charge is -2.32. The first-order valence-corrected chi connectivity index (χ1v) is 13.8. The Balaban J connectivity index is 1.87. The molecular formula is C30H33N9O4. The molecule has 4 rings (SSSR count).